The monoisotopic (exact) mass is 339 g/mol. The van der Waals surface area contributed by atoms with Crippen LogP contribution in [0.3, 0.4) is 0 Å². The van der Waals surface area contributed by atoms with Gasteiger partial charge in [-0.3, -0.25) is 14.4 Å². The van der Waals surface area contributed by atoms with E-state index < -0.39 is 6.04 Å². The van der Waals surface area contributed by atoms with Crippen LogP contribution in [0.2, 0.25) is 0 Å². The summed E-state index contributed by atoms with van der Waals surface area (Å²) in [6, 6.07) is 12.1. The summed E-state index contributed by atoms with van der Waals surface area (Å²) >= 11 is 0. The number of phenols is 1. The Labute approximate surface area is 144 Å². The maximum Gasteiger partial charge on any atom is 0.254 e. The van der Waals surface area contributed by atoms with Gasteiger partial charge in [-0.15, -0.1) is 0 Å². The van der Waals surface area contributed by atoms with Gasteiger partial charge in [0.25, 0.3) is 5.91 Å². The topological polar surface area (TPSA) is 108 Å². The minimum Gasteiger partial charge on any atom is -0.508 e. The lowest BCUT2D eigenvalue weighted by Gasteiger charge is -2.14. The molecule has 3 amide bonds. The highest BCUT2D eigenvalue weighted by atomic mass is 16.3. The van der Waals surface area contributed by atoms with Crippen LogP contribution in [0.5, 0.6) is 5.75 Å². The minimum absolute atomic E-state index is 0.0460. The molecule has 0 unspecified atom stereocenters. The van der Waals surface area contributed by atoms with Crippen molar-refractivity contribution in [1.82, 2.24) is 5.32 Å². The Hall–Kier alpha value is -3.35. The molecule has 0 saturated carbocycles. The Bertz CT molecular complexity index is 835. The first-order valence-electron chi connectivity index (χ1n) is 7.82. The largest absolute Gasteiger partial charge is 0.508 e. The fourth-order valence-electron chi connectivity index (χ4n) is 2.60. The Morgan fingerprint density at radius 1 is 1.12 bits per heavy atom. The average Bonchev–Trinajstić information content (AvgIpc) is 2.70. The van der Waals surface area contributed by atoms with E-state index in [-0.39, 0.29) is 36.3 Å². The van der Waals surface area contributed by atoms with Crippen LogP contribution in [0.15, 0.2) is 48.5 Å². The molecular formula is C18H17N3O4. The van der Waals surface area contributed by atoms with Gasteiger partial charge in [-0.05, 0) is 30.7 Å². The molecule has 128 valence electrons. The van der Waals surface area contributed by atoms with Gasteiger partial charge in [0.2, 0.25) is 11.8 Å². The van der Waals surface area contributed by atoms with Gasteiger partial charge in [-0.1, -0.05) is 18.2 Å². The highest BCUT2D eigenvalue weighted by Crippen LogP contribution is 2.20. The lowest BCUT2D eigenvalue weighted by Crippen LogP contribution is -2.41. The van der Waals surface area contributed by atoms with Gasteiger partial charge < -0.3 is 21.1 Å². The van der Waals surface area contributed by atoms with Crippen molar-refractivity contribution in [2.75, 3.05) is 10.6 Å². The van der Waals surface area contributed by atoms with E-state index in [1.807, 2.05) is 0 Å². The zero-order chi connectivity index (χ0) is 17.8. The third kappa shape index (κ3) is 3.95. The number of fused-ring (bicyclic) bond motifs is 1. The number of aromatic hydroxyl groups is 1. The Kier molecular flexibility index (Phi) is 4.65. The smallest absolute Gasteiger partial charge is 0.254 e. The Morgan fingerprint density at radius 2 is 1.92 bits per heavy atom. The molecule has 1 atom stereocenters. The van der Waals surface area contributed by atoms with Gasteiger partial charge in [-0.2, -0.15) is 0 Å². The molecule has 0 aliphatic carbocycles. The summed E-state index contributed by atoms with van der Waals surface area (Å²) in [5.74, 6) is -0.976. The molecule has 2 aromatic carbocycles. The molecule has 7 nitrogen and oxygen atoms in total. The molecule has 2 aromatic rings. The zero-order valence-corrected chi connectivity index (χ0v) is 13.3. The first-order valence-corrected chi connectivity index (χ1v) is 7.82. The van der Waals surface area contributed by atoms with E-state index in [1.165, 1.54) is 12.1 Å². The van der Waals surface area contributed by atoms with Gasteiger partial charge in [0.1, 0.15) is 11.8 Å². The van der Waals surface area contributed by atoms with Crippen LogP contribution in [-0.4, -0.2) is 28.9 Å². The van der Waals surface area contributed by atoms with Crippen molar-refractivity contribution in [2.45, 2.75) is 18.9 Å². The third-order valence-electron chi connectivity index (χ3n) is 3.84. The molecule has 0 aromatic heterocycles. The molecule has 0 fully saturated rings. The van der Waals surface area contributed by atoms with Gasteiger partial charge in [-0.25, -0.2) is 0 Å². The molecule has 25 heavy (non-hydrogen) atoms. The van der Waals surface area contributed by atoms with Crippen molar-refractivity contribution in [1.29, 1.82) is 0 Å². The summed E-state index contributed by atoms with van der Waals surface area (Å²) in [5.41, 5.74) is 1.31. The summed E-state index contributed by atoms with van der Waals surface area (Å²) in [6.45, 7) is 0. The molecule has 1 aliphatic heterocycles. The summed E-state index contributed by atoms with van der Waals surface area (Å²) in [6.07, 6.45) is 0.209. The average molecular weight is 339 g/mol. The number of anilines is 2. The third-order valence-corrected chi connectivity index (χ3v) is 3.84. The second-order valence-corrected chi connectivity index (χ2v) is 5.70. The van der Waals surface area contributed by atoms with Crippen molar-refractivity contribution in [2.24, 2.45) is 0 Å². The van der Waals surface area contributed by atoms with Crippen molar-refractivity contribution in [3.63, 3.8) is 0 Å². The van der Waals surface area contributed by atoms with E-state index in [1.54, 1.807) is 36.4 Å². The minimum atomic E-state index is -0.796. The lowest BCUT2D eigenvalue weighted by molar-refractivity contribution is -0.118. The fraction of sp³-hybridized carbons (Fsp3) is 0.167. The summed E-state index contributed by atoms with van der Waals surface area (Å²) in [4.78, 5) is 36.5. The number of hydrogen-bond acceptors (Lipinski definition) is 4. The maximum absolute atomic E-state index is 12.2. The predicted molar refractivity (Wildman–Crippen MR) is 92.3 cm³/mol. The summed E-state index contributed by atoms with van der Waals surface area (Å²) < 4.78 is 0. The number of amides is 3. The SMILES string of the molecule is O=C(CC[C@H]1NC(=O)c2ccccc2NC1=O)Nc1cccc(O)c1. The fourth-order valence-corrected chi connectivity index (χ4v) is 2.60. The summed E-state index contributed by atoms with van der Waals surface area (Å²) in [7, 11) is 0. The second-order valence-electron chi connectivity index (χ2n) is 5.70. The Morgan fingerprint density at radius 3 is 2.72 bits per heavy atom. The molecule has 0 spiro atoms. The number of rotatable bonds is 4. The number of benzene rings is 2. The van der Waals surface area contributed by atoms with Crippen LogP contribution in [0.25, 0.3) is 0 Å². The van der Waals surface area contributed by atoms with Crippen molar-refractivity contribution >= 4 is 29.1 Å². The van der Waals surface area contributed by atoms with Gasteiger partial charge in [0.15, 0.2) is 0 Å². The number of carbonyl (C=O) groups is 3. The van der Waals surface area contributed by atoms with E-state index in [4.69, 9.17) is 0 Å². The Balaban J connectivity index is 1.61. The van der Waals surface area contributed by atoms with Crippen molar-refractivity contribution < 1.29 is 19.5 Å². The van der Waals surface area contributed by atoms with E-state index in [0.717, 1.165) is 0 Å². The number of phenolic OH excluding ortho intramolecular Hbond substituents is 1. The molecule has 0 radical (unpaired) electrons. The molecule has 1 heterocycles. The summed E-state index contributed by atoms with van der Waals surface area (Å²) in [5, 5.41) is 17.4. The van der Waals surface area contributed by atoms with Gasteiger partial charge in [0, 0.05) is 18.2 Å². The van der Waals surface area contributed by atoms with Crippen LogP contribution in [-0.2, 0) is 9.59 Å². The van der Waals surface area contributed by atoms with Crippen LogP contribution in [0.1, 0.15) is 23.2 Å². The lowest BCUT2D eigenvalue weighted by atomic mass is 10.1. The van der Waals surface area contributed by atoms with E-state index in [9.17, 15) is 19.5 Å². The van der Waals surface area contributed by atoms with Crippen molar-refractivity contribution in [3.05, 3.63) is 54.1 Å². The molecule has 1 aliphatic rings. The maximum atomic E-state index is 12.2. The van der Waals surface area contributed by atoms with E-state index in [2.05, 4.69) is 16.0 Å². The normalized spacial score (nSPS) is 16.2. The predicted octanol–water partition coefficient (Wildman–Crippen LogP) is 1.86. The van der Waals surface area contributed by atoms with Crippen LogP contribution in [0.4, 0.5) is 11.4 Å². The molecule has 7 heteroatoms. The van der Waals surface area contributed by atoms with Gasteiger partial charge >= 0.3 is 0 Å². The highest BCUT2D eigenvalue weighted by Gasteiger charge is 2.27. The number of carbonyl (C=O) groups excluding carboxylic acids is 3. The highest BCUT2D eigenvalue weighted by molar-refractivity contribution is 6.09. The number of hydrogen-bond donors (Lipinski definition) is 4. The molecule has 0 saturated heterocycles. The number of nitrogens with one attached hydrogen (secondary N) is 3. The standard InChI is InChI=1S/C18H17N3O4/c22-12-5-3-4-11(10-12)19-16(23)9-8-15-18(25)20-14-7-2-1-6-13(14)17(24)21-15/h1-7,10,15,22H,8-9H2,(H,19,23)(H,20,25)(H,21,24)/t15-/m1/s1. The van der Waals surface area contributed by atoms with E-state index in [0.29, 0.717) is 16.9 Å². The van der Waals surface area contributed by atoms with E-state index >= 15 is 0 Å². The molecule has 4 N–H and O–H groups in total. The molecular weight excluding hydrogens is 322 g/mol. The molecule has 0 bridgehead atoms. The van der Waals surface area contributed by atoms with Crippen LogP contribution in [0, 0.1) is 0 Å². The molecule has 3 rings (SSSR count). The second kappa shape index (κ2) is 7.04. The first kappa shape index (κ1) is 16.5. The van der Waals surface area contributed by atoms with Crippen LogP contribution >= 0.6 is 0 Å². The van der Waals surface area contributed by atoms with Crippen molar-refractivity contribution in [3.8, 4) is 5.75 Å². The zero-order valence-electron chi connectivity index (χ0n) is 13.3. The first-order chi connectivity index (χ1) is 12.0. The number of para-hydroxylation sites is 1. The quantitative estimate of drug-likeness (QED) is 0.682. The van der Waals surface area contributed by atoms with Crippen LogP contribution < -0.4 is 16.0 Å². The van der Waals surface area contributed by atoms with Gasteiger partial charge in [0.05, 0.1) is 11.3 Å².